The first-order valence-corrected chi connectivity index (χ1v) is 7.40. The fourth-order valence-electron chi connectivity index (χ4n) is 3.78. The molecular weight excluding hydrogens is 283 g/mol. The summed E-state index contributed by atoms with van der Waals surface area (Å²) in [4.78, 5) is 16.8. The van der Waals surface area contributed by atoms with Crippen LogP contribution < -0.4 is 0 Å². The third-order valence-electron chi connectivity index (χ3n) is 4.91. The van der Waals surface area contributed by atoms with Crippen LogP contribution >= 0.6 is 0 Å². The number of carbonyl (C=O) groups excluding carboxylic acids is 1. The maximum atomic E-state index is 13.2. The average Bonchev–Trinajstić information content (AvgIpc) is 3.00. The predicted octanol–water partition coefficient (Wildman–Crippen LogP) is 3.05. The van der Waals surface area contributed by atoms with E-state index in [1.807, 2.05) is 6.07 Å². The van der Waals surface area contributed by atoms with E-state index < -0.39 is 16.8 Å². The van der Waals surface area contributed by atoms with Gasteiger partial charge >= 0.3 is 0 Å². The first kappa shape index (κ1) is 14.9. The van der Waals surface area contributed by atoms with E-state index in [0.29, 0.717) is 12.1 Å². The van der Waals surface area contributed by atoms with Gasteiger partial charge in [0.25, 0.3) is 0 Å². The zero-order valence-corrected chi connectivity index (χ0v) is 12.4. The maximum absolute atomic E-state index is 13.2. The third-order valence-corrected chi connectivity index (χ3v) is 4.91. The number of Topliss-reactive ketones (excluding diaryl/α,β-unsaturated/α-hetero) is 1. The highest BCUT2D eigenvalue weighted by atomic mass is 19.1. The van der Waals surface area contributed by atoms with Crippen molar-refractivity contribution in [2.45, 2.75) is 37.7 Å². The molecule has 1 saturated carbocycles. The number of methoxy groups -OCH3 is 1. The molecule has 114 valence electrons. The van der Waals surface area contributed by atoms with Crippen molar-refractivity contribution >= 4 is 5.78 Å². The summed E-state index contributed by atoms with van der Waals surface area (Å²) in [6, 6.07) is 4.88. The zero-order valence-electron chi connectivity index (χ0n) is 12.4. The molecule has 0 amide bonds. The second-order valence-corrected chi connectivity index (χ2v) is 6.12. The van der Waals surface area contributed by atoms with Gasteiger partial charge in [-0.25, -0.2) is 4.39 Å². The molecule has 1 spiro atoms. The molecule has 1 heterocycles. The normalized spacial score (nSPS) is 26.8. The second-order valence-electron chi connectivity index (χ2n) is 6.12. The molecule has 0 aromatic carbocycles. The topological polar surface area (TPSA) is 63.0 Å². The molecule has 0 aliphatic heterocycles. The molecule has 4 nitrogen and oxygen atoms in total. The highest BCUT2D eigenvalue weighted by molar-refractivity contribution is 6.04. The molecule has 1 unspecified atom stereocenters. The van der Waals surface area contributed by atoms with Crippen molar-refractivity contribution in [3.05, 3.63) is 41.5 Å². The lowest BCUT2D eigenvalue weighted by Crippen LogP contribution is -2.44. The molecule has 1 aromatic rings. The number of aromatic nitrogens is 1. The molecule has 2 aliphatic rings. The van der Waals surface area contributed by atoms with Crippen LogP contribution in [0.4, 0.5) is 4.39 Å². The van der Waals surface area contributed by atoms with Crippen molar-refractivity contribution in [1.82, 2.24) is 4.98 Å². The number of rotatable bonds is 2. The van der Waals surface area contributed by atoms with Gasteiger partial charge in [0.15, 0.2) is 5.78 Å². The highest BCUT2D eigenvalue weighted by Crippen LogP contribution is 2.52. The summed E-state index contributed by atoms with van der Waals surface area (Å²) in [7, 11) is 1.54. The SMILES string of the molecule is COC1(c2ccc(F)cn2)C=C(C#N)C(=O)C2(CCCC2)C1. The number of halogens is 1. The summed E-state index contributed by atoms with van der Waals surface area (Å²) in [5, 5.41) is 9.35. The number of nitrogens with zero attached hydrogens (tertiary/aromatic N) is 2. The van der Waals surface area contributed by atoms with Crippen molar-refractivity contribution in [3.8, 4) is 6.07 Å². The van der Waals surface area contributed by atoms with Crippen LogP contribution in [-0.4, -0.2) is 17.9 Å². The largest absolute Gasteiger partial charge is 0.368 e. The molecule has 0 bridgehead atoms. The quantitative estimate of drug-likeness (QED) is 0.842. The van der Waals surface area contributed by atoms with Gasteiger partial charge in [-0.15, -0.1) is 0 Å². The predicted molar refractivity (Wildman–Crippen MR) is 77.1 cm³/mol. The van der Waals surface area contributed by atoms with E-state index in [9.17, 15) is 14.4 Å². The van der Waals surface area contributed by atoms with E-state index in [4.69, 9.17) is 4.74 Å². The standard InChI is InChI=1S/C17H17FN2O2/c1-22-17(14-5-4-13(18)10-20-14)8-12(9-19)15(21)16(11-17)6-2-3-7-16/h4-5,8,10H,2-3,6-7,11H2,1H3. The van der Waals surface area contributed by atoms with Gasteiger partial charge in [0.2, 0.25) is 0 Å². The smallest absolute Gasteiger partial charge is 0.179 e. The molecule has 1 atom stereocenters. The number of ketones is 1. The Balaban J connectivity index is 2.14. The molecule has 0 saturated heterocycles. The van der Waals surface area contributed by atoms with Gasteiger partial charge in [-0.3, -0.25) is 9.78 Å². The van der Waals surface area contributed by atoms with Gasteiger partial charge in [-0.2, -0.15) is 5.26 Å². The number of pyridine rings is 1. The molecular formula is C17H17FN2O2. The lowest BCUT2D eigenvalue weighted by molar-refractivity contribution is -0.131. The summed E-state index contributed by atoms with van der Waals surface area (Å²) in [5.74, 6) is -0.510. The van der Waals surface area contributed by atoms with E-state index in [-0.39, 0.29) is 11.4 Å². The van der Waals surface area contributed by atoms with Crippen molar-refractivity contribution < 1.29 is 13.9 Å². The van der Waals surface area contributed by atoms with Gasteiger partial charge in [0.05, 0.1) is 17.5 Å². The van der Waals surface area contributed by atoms with Crippen LogP contribution in [0.25, 0.3) is 0 Å². The van der Waals surface area contributed by atoms with Crippen LogP contribution in [0.15, 0.2) is 30.0 Å². The summed E-state index contributed by atoms with van der Waals surface area (Å²) >= 11 is 0. The number of ether oxygens (including phenoxy) is 1. The Morgan fingerprint density at radius 2 is 2.09 bits per heavy atom. The van der Waals surface area contributed by atoms with Crippen LogP contribution in [0.5, 0.6) is 0 Å². The van der Waals surface area contributed by atoms with Crippen LogP contribution in [0.3, 0.4) is 0 Å². The number of nitriles is 1. The van der Waals surface area contributed by atoms with Gasteiger partial charge < -0.3 is 4.74 Å². The van der Waals surface area contributed by atoms with E-state index in [1.165, 1.54) is 13.2 Å². The average molecular weight is 300 g/mol. The lowest BCUT2D eigenvalue weighted by atomic mass is 9.65. The van der Waals surface area contributed by atoms with Crippen LogP contribution in [0.2, 0.25) is 0 Å². The highest BCUT2D eigenvalue weighted by Gasteiger charge is 2.53. The lowest BCUT2D eigenvalue weighted by Gasteiger charge is -2.41. The Bertz CT molecular complexity index is 669. The molecule has 2 aliphatic carbocycles. The summed E-state index contributed by atoms with van der Waals surface area (Å²) in [6.07, 6.45) is 6.61. The Morgan fingerprint density at radius 1 is 1.36 bits per heavy atom. The molecule has 0 radical (unpaired) electrons. The Morgan fingerprint density at radius 3 is 2.64 bits per heavy atom. The fraction of sp³-hybridized carbons (Fsp3) is 0.471. The van der Waals surface area contributed by atoms with Crippen molar-refractivity contribution in [2.75, 3.05) is 7.11 Å². The summed E-state index contributed by atoms with van der Waals surface area (Å²) in [6.45, 7) is 0. The molecule has 5 heteroatoms. The molecule has 3 rings (SSSR count). The van der Waals surface area contributed by atoms with Crippen LogP contribution in [-0.2, 0) is 15.1 Å². The van der Waals surface area contributed by atoms with E-state index in [1.54, 1.807) is 12.1 Å². The summed E-state index contributed by atoms with van der Waals surface area (Å²) in [5.41, 5.74) is -0.841. The summed E-state index contributed by atoms with van der Waals surface area (Å²) < 4.78 is 18.9. The Kier molecular flexibility index (Phi) is 3.57. The van der Waals surface area contributed by atoms with E-state index in [0.717, 1.165) is 31.9 Å². The van der Waals surface area contributed by atoms with Crippen molar-refractivity contribution in [2.24, 2.45) is 5.41 Å². The van der Waals surface area contributed by atoms with Crippen LogP contribution in [0, 0.1) is 22.6 Å². The van der Waals surface area contributed by atoms with Crippen molar-refractivity contribution in [3.63, 3.8) is 0 Å². The molecule has 1 fully saturated rings. The maximum Gasteiger partial charge on any atom is 0.179 e. The first-order chi connectivity index (χ1) is 10.6. The van der Waals surface area contributed by atoms with E-state index >= 15 is 0 Å². The van der Waals surface area contributed by atoms with Crippen molar-refractivity contribution in [1.29, 1.82) is 5.26 Å². The van der Waals surface area contributed by atoms with Gasteiger partial charge in [-0.1, -0.05) is 12.8 Å². The van der Waals surface area contributed by atoms with Gasteiger partial charge in [-0.05, 0) is 37.5 Å². The first-order valence-electron chi connectivity index (χ1n) is 7.40. The third kappa shape index (κ3) is 2.15. The Hall–Kier alpha value is -2.06. The second kappa shape index (κ2) is 5.29. The minimum atomic E-state index is -0.947. The molecule has 22 heavy (non-hydrogen) atoms. The monoisotopic (exact) mass is 300 g/mol. The molecule has 0 N–H and O–H groups in total. The van der Waals surface area contributed by atoms with E-state index in [2.05, 4.69) is 4.98 Å². The van der Waals surface area contributed by atoms with Gasteiger partial charge in [0.1, 0.15) is 17.5 Å². The van der Waals surface area contributed by atoms with Gasteiger partial charge in [0, 0.05) is 12.5 Å². The number of hydrogen-bond donors (Lipinski definition) is 0. The number of allylic oxidation sites excluding steroid dienone is 1. The zero-order chi connectivity index (χ0) is 15.8. The number of hydrogen-bond acceptors (Lipinski definition) is 4. The van der Waals surface area contributed by atoms with Crippen LogP contribution in [0.1, 0.15) is 37.8 Å². The fourth-order valence-corrected chi connectivity index (χ4v) is 3.78. The minimum Gasteiger partial charge on any atom is -0.368 e. The number of carbonyl (C=O) groups is 1. The Labute approximate surface area is 128 Å². The molecule has 1 aromatic heterocycles. The minimum absolute atomic E-state index is 0.0812.